The van der Waals surface area contributed by atoms with Gasteiger partial charge in [0.15, 0.2) is 0 Å². The predicted octanol–water partition coefficient (Wildman–Crippen LogP) is 1.37. The highest BCUT2D eigenvalue weighted by atomic mass is 32.1. The van der Waals surface area contributed by atoms with Gasteiger partial charge < -0.3 is 14.5 Å². The van der Waals surface area contributed by atoms with Crippen LogP contribution in [0.1, 0.15) is 29.8 Å². The highest BCUT2D eigenvalue weighted by Crippen LogP contribution is 2.35. The molecule has 2 aliphatic heterocycles. The standard InChI is InChI=1S/C18H27N3O3S/c1-3-15-14-5-11-25-16(14)4-6-21(15)17(22)12-19-7-9-20(10-8-19)18(23)13-24-2/h5,11,15H,3-4,6-10,12-13H2,1-2H3. The van der Waals surface area contributed by atoms with Gasteiger partial charge in [-0.3, -0.25) is 14.5 Å². The van der Waals surface area contributed by atoms with E-state index in [2.05, 4.69) is 28.2 Å². The van der Waals surface area contributed by atoms with E-state index in [4.69, 9.17) is 4.74 Å². The molecule has 0 N–H and O–H groups in total. The lowest BCUT2D eigenvalue weighted by atomic mass is 9.97. The van der Waals surface area contributed by atoms with E-state index in [-0.39, 0.29) is 24.5 Å². The zero-order valence-corrected chi connectivity index (χ0v) is 15.9. The molecule has 138 valence electrons. The maximum Gasteiger partial charge on any atom is 0.248 e. The second-order valence-corrected chi connectivity index (χ2v) is 7.65. The maximum atomic E-state index is 12.9. The number of piperazine rings is 1. The lowest BCUT2D eigenvalue weighted by molar-refractivity contribution is -0.138. The van der Waals surface area contributed by atoms with Crippen molar-refractivity contribution in [3.8, 4) is 0 Å². The summed E-state index contributed by atoms with van der Waals surface area (Å²) in [6.07, 6.45) is 1.92. The average molecular weight is 365 g/mol. The van der Waals surface area contributed by atoms with E-state index < -0.39 is 0 Å². The minimum Gasteiger partial charge on any atom is -0.375 e. The number of rotatable bonds is 5. The smallest absolute Gasteiger partial charge is 0.248 e. The van der Waals surface area contributed by atoms with Crippen molar-refractivity contribution in [3.63, 3.8) is 0 Å². The van der Waals surface area contributed by atoms with Crippen LogP contribution in [0.15, 0.2) is 11.4 Å². The van der Waals surface area contributed by atoms with Gasteiger partial charge in [-0.2, -0.15) is 0 Å². The molecular formula is C18H27N3O3S. The van der Waals surface area contributed by atoms with Gasteiger partial charge in [0.2, 0.25) is 11.8 Å². The number of hydrogen-bond acceptors (Lipinski definition) is 5. The van der Waals surface area contributed by atoms with E-state index in [1.807, 2.05) is 4.90 Å². The quantitative estimate of drug-likeness (QED) is 0.791. The molecular weight excluding hydrogens is 338 g/mol. The van der Waals surface area contributed by atoms with E-state index in [0.717, 1.165) is 32.5 Å². The summed E-state index contributed by atoms with van der Waals surface area (Å²) < 4.78 is 4.91. The summed E-state index contributed by atoms with van der Waals surface area (Å²) >= 11 is 1.80. The molecule has 7 heteroatoms. The van der Waals surface area contributed by atoms with Crippen LogP contribution in [-0.2, 0) is 20.7 Å². The fourth-order valence-corrected chi connectivity index (χ4v) is 4.72. The number of ether oxygens (including phenoxy) is 1. The molecule has 0 saturated carbocycles. The van der Waals surface area contributed by atoms with Gasteiger partial charge in [0.1, 0.15) is 6.61 Å². The van der Waals surface area contributed by atoms with Crippen molar-refractivity contribution in [2.75, 3.05) is 53.0 Å². The molecule has 1 unspecified atom stereocenters. The molecule has 0 aliphatic carbocycles. The van der Waals surface area contributed by atoms with E-state index in [1.165, 1.54) is 17.6 Å². The van der Waals surface area contributed by atoms with Crippen molar-refractivity contribution in [3.05, 3.63) is 21.9 Å². The second-order valence-electron chi connectivity index (χ2n) is 6.65. The van der Waals surface area contributed by atoms with Gasteiger partial charge in [0.05, 0.1) is 12.6 Å². The van der Waals surface area contributed by atoms with Crippen LogP contribution in [0.5, 0.6) is 0 Å². The summed E-state index contributed by atoms with van der Waals surface area (Å²) in [6, 6.07) is 2.39. The van der Waals surface area contributed by atoms with E-state index in [9.17, 15) is 9.59 Å². The van der Waals surface area contributed by atoms with Gasteiger partial charge in [-0.1, -0.05) is 6.92 Å². The number of nitrogens with zero attached hydrogens (tertiary/aromatic N) is 3. The number of carbonyl (C=O) groups excluding carboxylic acids is 2. The molecule has 1 aromatic heterocycles. The van der Waals surface area contributed by atoms with Crippen molar-refractivity contribution in [1.82, 2.24) is 14.7 Å². The van der Waals surface area contributed by atoms with Crippen LogP contribution in [0.25, 0.3) is 0 Å². The van der Waals surface area contributed by atoms with Gasteiger partial charge in [0, 0.05) is 44.7 Å². The third kappa shape index (κ3) is 4.04. The van der Waals surface area contributed by atoms with Gasteiger partial charge in [-0.25, -0.2) is 0 Å². The molecule has 0 radical (unpaired) electrons. The molecule has 1 atom stereocenters. The monoisotopic (exact) mass is 365 g/mol. The molecule has 0 spiro atoms. The Balaban J connectivity index is 1.54. The predicted molar refractivity (Wildman–Crippen MR) is 97.7 cm³/mol. The minimum absolute atomic E-state index is 0.0283. The van der Waals surface area contributed by atoms with Crippen LogP contribution < -0.4 is 0 Å². The first-order chi connectivity index (χ1) is 12.1. The van der Waals surface area contributed by atoms with Crippen molar-refractivity contribution in [2.45, 2.75) is 25.8 Å². The number of fused-ring (bicyclic) bond motifs is 1. The van der Waals surface area contributed by atoms with Gasteiger partial charge >= 0.3 is 0 Å². The molecule has 1 fully saturated rings. The van der Waals surface area contributed by atoms with Crippen LogP contribution in [0.4, 0.5) is 0 Å². The molecule has 1 aromatic rings. The Labute approximate surface area is 153 Å². The molecule has 0 aromatic carbocycles. The number of carbonyl (C=O) groups is 2. The fraction of sp³-hybridized carbons (Fsp3) is 0.667. The number of hydrogen-bond donors (Lipinski definition) is 0. The first kappa shape index (κ1) is 18.4. The zero-order valence-electron chi connectivity index (χ0n) is 15.1. The first-order valence-electron chi connectivity index (χ1n) is 8.98. The van der Waals surface area contributed by atoms with Gasteiger partial charge in [-0.15, -0.1) is 11.3 Å². The van der Waals surface area contributed by atoms with Crippen molar-refractivity contribution >= 4 is 23.2 Å². The Morgan fingerprint density at radius 1 is 1.20 bits per heavy atom. The van der Waals surface area contributed by atoms with E-state index in [0.29, 0.717) is 19.6 Å². The molecule has 3 rings (SSSR count). The summed E-state index contributed by atoms with van der Waals surface area (Å²) in [4.78, 5) is 32.2. The molecule has 2 aliphatic rings. The molecule has 0 bridgehead atoms. The number of thiophene rings is 1. The van der Waals surface area contributed by atoms with Gasteiger partial charge in [-0.05, 0) is 29.9 Å². The molecule has 2 amide bonds. The summed E-state index contributed by atoms with van der Waals surface area (Å²) in [6.45, 7) is 6.37. The van der Waals surface area contributed by atoms with Crippen molar-refractivity contribution in [1.29, 1.82) is 0 Å². The summed E-state index contributed by atoms with van der Waals surface area (Å²) in [7, 11) is 1.54. The SMILES string of the molecule is CCC1c2ccsc2CCN1C(=O)CN1CCN(C(=O)COC)CC1. The van der Waals surface area contributed by atoms with Crippen LogP contribution >= 0.6 is 11.3 Å². The molecule has 25 heavy (non-hydrogen) atoms. The normalized spacial score (nSPS) is 21.3. The molecule has 6 nitrogen and oxygen atoms in total. The average Bonchev–Trinajstić information content (AvgIpc) is 3.10. The van der Waals surface area contributed by atoms with Crippen molar-refractivity contribution < 1.29 is 14.3 Å². The third-order valence-electron chi connectivity index (χ3n) is 5.15. The molecule has 1 saturated heterocycles. The Morgan fingerprint density at radius 3 is 2.64 bits per heavy atom. The first-order valence-corrected chi connectivity index (χ1v) is 9.86. The largest absolute Gasteiger partial charge is 0.375 e. The van der Waals surface area contributed by atoms with Crippen LogP contribution in [0, 0.1) is 0 Å². The van der Waals surface area contributed by atoms with Crippen LogP contribution in [-0.4, -0.2) is 79.5 Å². The Hall–Kier alpha value is -1.44. The lowest BCUT2D eigenvalue weighted by Crippen LogP contribution is -2.53. The molecule has 3 heterocycles. The second kappa shape index (κ2) is 8.29. The Kier molecular flexibility index (Phi) is 6.09. The Morgan fingerprint density at radius 2 is 1.96 bits per heavy atom. The number of methoxy groups -OCH3 is 1. The topological polar surface area (TPSA) is 53.1 Å². The zero-order chi connectivity index (χ0) is 17.8. The highest BCUT2D eigenvalue weighted by Gasteiger charge is 2.31. The van der Waals surface area contributed by atoms with E-state index >= 15 is 0 Å². The van der Waals surface area contributed by atoms with E-state index in [1.54, 1.807) is 11.3 Å². The summed E-state index contributed by atoms with van der Waals surface area (Å²) in [5.41, 5.74) is 1.34. The summed E-state index contributed by atoms with van der Waals surface area (Å²) in [5, 5.41) is 2.14. The van der Waals surface area contributed by atoms with Crippen molar-refractivity contribution in [2.24, 2.45) is 0 Å². The number of amides is 2. The van der Waals surface area contributed by atoms with Crippen LogP contribution in [0.3, 0.4) is 0 Å². The highest BCUT2D eigenvalue weighted by molar-refractivity contribution is 7.10. The third-order valence-corrected chi connectivity index (χ3v) is 6.15. The van der Waals surface area contributed by atoms with Gasteiger partial charge in [0.25, 0.3) is 0 Å². The fourth-order valence-electron chi connectivity index (χ4n) is 3.79. The maximum absolute atomic E-state index is 12.9. The Bertz CT molecular complexity index is 610. The van der Waals surface area contributed by atoms with Crippen LogP contribution in [0.2, 0.25) is 0 Å². The minimum atomic E-state index is 0.0283. The summed E-state index contributed by atoms with van der Waals surface area (Å²) in [5.74, 6) is 0.237. The lowest BCUT2D eigenvalue weighted by Gasteiger charge is -2.39.